The quantitative estimate of drug-likeness (QED) is 0.126. The molecular weight excluding hydrogens is 795 g/mol. The van der Waals surface area contributed by atoms with Crippen LogP contribution >= 0.6 is 0 Å². The van der Waals surface area contributed by atoms with E-state index in [1.54, 1.807) is 49.4 Å². The van der Waals surface area contributed by atoms with E-state index in [-0.39, 0.29) is 38.0 Å². The monoisotopic (exact) mass is 855 g/mol. The molecular formula is C46H61N7O9. The van der Waals surface area contributed by atoms with Crippen molar-refractivity contribution in [1.82, 2.24) is 36.8 Å². The number of phenols is 1. The highest BCUT2D eigenvalue weighted by atomic mass is 16.4. The van der Waals surface area contributed by atoms with Gasteiger partial charge in [-0.1, -0.05) is 93.1 Å². The SMILES string of the molecule is CC[C@H](C)[C@@H]1NC(=O)[C@H](NC(=O)N[C@@H](Cc2ccccc2)C(=O)O)CCCCNC(=O)[C@H](CCc2ccc(O)cc2)NC(=O)[C@H](C)N(C)C(=O)[C@H](CCc2ccccc2)NC1=O. The Balaban J connectivity index is 1.63. The first kappa shape index (κ1) is 48.2. The average Bonchev–Trinajstić information content (AvgIpc) is 3.27. The molecule has 0 radical (unpaired) electrons. The van der Waals surface area contributed by atoms with Gasteiger partial charge in [-0.3, -0.25) is 24.0 Å². The number of carboxylic acids is 1. The van der Waals surface area contributed by atoms with Gasteiger partial charge in [0.1, 0.15) is 42.0 Å². The summed E-state index contributed by atoms with van der Waals surface area (Å²) in [7, 11) is 1.45. The molecule has 0 spiro atoms. The molecule has 0 saturated carbocycles. The summed E-state index contributed by atoms with van der Waals surface area (Å²) in [5.74, 6) is -4.55. The molecule has 1 aliphatic heterocycles. The molecule has 0 aromatic heterocycles. The highest BCUT2D eigenvalue weighted by molar-refractivity contribution is 5.96. The summed E-state index contributed by atoms with van der Waals surface area (Å²) in [6, 6.07) is 16.9. The van der Waals surface area contributed by atoms with Crippen LogP contribution in [0.15, 0.2) is 84.9 Å². The smallest absolute Gasteiger partial charge is 0.326 e. The lowest BCUT2D eigenvalue weighted by Gasteiger charge is -2.32. The van der Waals surface area contributed by atoms with E-state index in [0.717, 1.165) is 11.1 Å². The molecule has 3 aromatic rings. The maximum Gasteiger partial charge on any atom is 0.326 e. The number of aliphatic carboxylic acids is 1. The number of rotatable bonds is 13. The van der Waals surface area contributed by atoms with E-state index < -0.39 is 83.7 Å². The first-order chi connectivity index (χ1) is 29.7. The van der Waals surface area contributed by atoms with Gasteiger partial charge in [0, 0.05) is 20.0 Å². The van der Waals surface area contributed by atoms with Gasteiger partial charge in [-0.2, -0.15) is 0 Å². The maximum atomic E-state index is 14.3. The van der Waals surface area contributed by atoms with E-state index in [1.807, 2.05) is 37.3 Å². The number of amides is 7. The Morgan fingerprint density at radius 1 is 0.758 bits per heavy atom. The van der Waals surface area contributed by atoms with Crippen LogP contribution in [0.4, 0.5) is 4.79 Å². The second-order valence-corrected chi connectivity index (χ2v) is 15.9. The average molecular weight is 856 g/mol. The van der Waals surface area contributed by atoms with Crippen molar-refractivity contribution in [2.45, 2.75) is 115 Å². The Morgan fingerprint density at radius 3 is 1.95 bits per heavy atom. The van der Waals surface area contributed by atoms with Crippen molar-refractivity contribution in [2.24, 2.45) is 5.92 Å². The van der Waals surface area contributed by atoms with Crippen LogP contribution in [0, 0.1) is 5.92 Å². The first-order valence-corrected chi connectivity index (χ1v) is 21.3. The number of likely N-dealkylation sites (N-methyl/N-ethyl adjacent to an activating group) is 1. The Kier molecular flexibility index (Phi) is 18.8. The van der Waals surface area contributed by atoms with E-state index >= 15 is 0 Å². The molecule has 62 heavy (non-hydrogen) atoms. The fourth-order valence-electron chi connectivity index (χ4n) is 7.06. The Labute approximate surface area is 363 Å². The molecule has 0 bridgehead atoms. The lowest BCUT2D eigenvalue weighted by Crippen LogP contribution is -2.60. The van der Waals surface area contributed by atoms with Crippen molar-refractivity contribution >= 4 is 41.5 Å². The number of hydrogen-bond acceptors (Lipinski definition) is 8. The Bertz CT molecular complexity index is 1970. The lowest BCUT2D eigenvalue weighted by molar-refractivity contribution is -0.142. The zero-order chi connectivity index (χ0) is 45.2. The number of carbonyl (C=O) groups is 7. The standard InChI is InChI=1S/C46H61N7O9/c1-5-29(2)39-43(58)49-37(26-22-31-14-8-6-9-15-31)44(59)53(4)30(3)40(55)48-36(25-21-32-19-23-34(54)24-20-32)41(56)47-27-13-12-18-35(42(57)52-39)50-46(62)51-38(45(60)61)28-33-16-10-7-11-17-33/h6-11,14-17,19-20,23-24,29-30,35-39,54H,5,12-13,18,21-22,25-28H2,1-4H3,(H,47,56)(H,48,55)(H,49,58)(H,52,57)(H,60,61)(H2,50,51,62)/t29-,30-,35+,36-,37-,38-,39-/m0/s1. The summed E-state index contributed by atoms with van der Waals surface area (Å²) >= 11 is 0. The van der Waals surface area contributed by atoms with Crippen molar-refractivity contribution in [2.75, 3.05) is 13.6 Å². The van der Waals surface area contributed by atoms with Crippen LogP contribution in [-0.2, 0) is 48.0 Å². The maximum absolute atomic E-state index is 14.3. The molecule has 7 atom stereocenters. The van der Waals surface area contributed by atoms with Crippen molar-refractivity contribution < 1.29 is 43.8 Å². The van der Waals surface area contributed by atoms with Crippen LogP contribution < -0.4 is 31.9 Å². The highest BCUT2D eigenvalue weighted by Gasteiger charge is 2.36. The molecule has 16 heteroatoms. The second-order valence-electron chi connectivity index (χ2n) is 15.9. The number of nitrogens with zero attached hydrogens (tertiary/aromatic N) is 1. The number of nitrogens with one attached hydrogen (secondary N) is 6. The van der Waals surface area contributed by atoms with Gasteiger partial charge in [-0.25, -0.2) is 9.59 Å². The molecule has 1 heterocycles. The molecule has 1 fully saturated rings. The zero-order valence-electron chi connectivity index (χ0n) is 35.9. The molecule has 3 aromatic carbocycles. The molecule has 1 aliphatic rings. The van der Waals surface area contributed by atoms with Crippen LogP contribution in [0.25, 0.3) is 0 Å². The number of carbonyl (C=O) groups excluding carboxylic acids is 6. The molecule has 1 saturated heterocycles. The number of benzene rings is 3. The van der Waals surface area contributed by atoms with Gasteiger partial charge < -0.3 is 47.0 Å². The van der Waals surface area contributed by atoms with E-state index in [4.69, 9.17) is 0 Å². The van der Waals surface area contributed by atoms with Gasteiger partial charge in [0.25, 0.3) is 0 Å². The summed E-state index contributed by atoms with van der Waals surface area (Å²) in [6.45, 7) is 5.31. The van der Waals surface area contributed by atoms with E-state index in [9.17, 15) is 43.8 Å². The van der Waals surface area contributed by atoms with Crippen LogP contribution in [0.5, 0.6) is 5.75 Å². The lowest BCUT2D eigenvalue weighted by atomic mass is 9.96. The highest BCUT2D eigenvalue weighted by Crippen LogP contribution is 2.16. The van der Waals surface area contributed by atoms with E-state index in [2.05, 4.69) is 31.9 Å². The van der Waals surface area contributed by atoms with Crippen LogP contribution in [0.2, 0.25) is 0 Å². The van der Waals surface area contributed by atoms with Gasteiger partial charge >= 0.3 is 12.0 Å². The normalized spacial score (nSPS) is 22.0. The van der Waals surface area contributed by atoms with Gasteiger partial charge in [0.2, 0.25) is 29.5 Å². The molecule has 334 valence electrons. The minimum Gasteiger partial charge on any atom is -0.508 e. The van der Waals surface area contributed by atoms with Crippen LogP contribution in [-0.4, -0.2) is 106 Å². The van der Waals surface area contributed by atoms with Crippen LogP contribution in [0.1, 0.15) is 76.0 Å². The number of hydrogen-bond donors (Lipinski definition) is 8. The third kappa shape index (κ3) is 14.9. The van der Waals surface area contributed by atoms with Crippen molar-refractivity contribution in [3.8, 4) is 5.75 Å². The zero-order valence-corrected chi connectivity index (χ0v) is 35.9. The van der Waals surface area contributed by atoms with E-state index in [0.29, 0.717) is 37.7 Å². The van der Waals surface area contributed by atoms with Crippen LogP contribution in [0.3, 0.4) is 0 Å². The number of carboxylic acid groups (broad SMARTS) is 1. The summed E-state index contributed by atoms with van der Waals surface area (Å²) in [5, 5.41) is 36.1. The number of aromatic hydroxyl groups is 1. The minimum absolute atomic E-state index is 0.00900. The largest absolute Gasteiger partial charge is 0.508 e. The third-order valence-electron chi connectivity index (χ3n) is 11.3. The van der Waals surface area contributed by atoms with Crippen molar-refractivity contribution in [3.05, 3.63) is 102 Å². The molecule has 7 amide bonds. The second kappa shape index (κ2) is 24.1. The van der Waals surface area contributed by atoms with E-state index in [1.165, 1.54) is 31.0 Å². The summed E-state index contributed by atoms with van der Waals surface area (Å²) in [6.07, 6.45) is 2.31. The third-order valence-corrected chi connectivity index (χ3v) is 11.3. The fraction of sp³-hybridized carbons (Fsp3) is 0.457. The van der Waals surface area contributed by atoms with Crippen molar-refractivity contribution in [3.63, 3.8) is 0 Å². The topological polar surface area (TPSA) is 235 Å². The Hall–Kier alpha value is -6.45. The predicted octanol–water partition coefficient (Wildman–Crippen LogP) is 2.97. The summed E-state index contributed by atoms with van der Waals surface area (Å²) in [5.41, 5.74) is 2.41. The van der Waals surface area contributed by atoms with Crippen molar-refractivity contribution in [1.29, 1.82) is 0 Å². The fourth-order valence-corrected chi connectivity index (χ4v) is 7.06. The number of phenolic OH excluding ortho intramolecular Hbond substituents is 1. The molecule has 8 N–H and O–H groups in total. The molecule has 4 rings (SSSR count). The van der Waals surface area contributed by atoms with Gasteiger partial charge in [-0.15, -0.1) is 0 Å². The summed E-state index contributed by atoms with van der Waals surface area (Å²) in [4.78, 5) is 96.8. The van der Waals surface area contributed by atoms with Gasteiger partial charge in [0.05, 0.1) is 0 Å². The minimum atomic E-state index is -1.31. The summed E-state index contributed by atoms with van der Waals surface area (Å²) < 4.78 is 0. The number of aryl methyl sites for hydroxylation is 2. The predicted molar refractivity (Wildman–Crippen MR) is 233 cm³/mol. The van der Waals surface area contributed by atoms with Gasteiger partial charge in [-0.05, 0) is 86.6 Å². The molecule has 16 nitrogen and oxygen atoms in total. The Morgan fingerprint density at radius 2 is 1.34 bits per heavy atom. The molecule has 0 aliphatic carbocycles. The molecule has 0 unspecified atom stereocenters. The number of urea groups is 1. The van der Waals surface area contributed by atoms with Gasteiger partial charge in [0.15, 0.2) is 0 Å². The first-order valence-electron chi connectivity index (χ1n) is 21.3.